The maximum Gasteiger partial charge on any atom is 0.196 e. The minimum Gasteiger partial charge on any atom is -0.342 e. The number of fused-ring (bicyclic) bond motifs is 1. The number of hydrogen-bond donors (Lipinski definition) is 2. The molecule has 0 saturated carbocycles. The van der Waals surface area contributed by atoms with Crippen LogP contribution in [0.5, 0.6) is 0 Å². The lowest BCUT2D eigenvalue weighted by atomic mass is 10.0. The van der Waals surface area contributed by atoms with Gasteiger partial charge in [0.05, 0.1) is 5.69 Å². The van der Waals surface area contributed by atoms with E-state index in [-0.39, 0.29) is 0 Å². The van der Waals surface area contributed by atoms with Crippen LogP contribution in [0.2, 0.25) is 0 Å². The quantitative estimate of drug-likeness (QED) is 0.808. The van der Waals surface area contributed by atoms with Gasteiger partial charge in [-0.15, -0.1) is 0 Å². The first kappa shape index (κ1) is 10.4. The van der Waals surface area contributed by atoms with Crippen molar-refractivity contribution in [1.82, 2.24) is 25.3 Å². The Kier molecular flexibility index (Phi) is 2.60. The topological polar surface area (TPSA) is 66.5 Å². The van der Waals surface area contributed by atoms with Crippen molar-refractivity contribution in [3.63, 3.8) is 0 Å². The SMILES string of the molecule is CCc1nc(-c2ncc[nH]2)nc2c1CCNC2. The van der Waals surface area contributed by atoms with Crippen molar-refractivity contribution in [2.24, 2.45) is 0 Å². The lowest BCUT2D eigenvalue weighted by molar-refractivity contribution is 0.616. The van der Waals surface area contributed by atoms with Crippen LogP contribution in [-0.4, -0.2) is 26.5 Å². The third-order valence-electron chi connectivity index (χ3n) is 3.07. The highest BCUT2D eigenvalue weighted by atomic mass is 15.0. The zero-order chi connectivity index (χ0) is 11.7. The zero-order valence-corrected chi connectivity index (χ0v) is 9.82. The Bertz CT molecular complexity index is 501. The molecule has 0 radical (unpaired) electrons. The van der Waals surface area contributed by atoms with Crippen LogP contribution in [0.4, 0.5) is 0 Å². The molecule has 0 atom stereocenters. The maximum absolute atomic E-state index is 4.61. The van der Waals surface area contributed by atoms with Crippen molar-refractivity contribution < 1.29 is 0 Å². The lowest BCUT2D eigenvalue weighted by Gasteiger charge is -2.19. The fourth-order valence-electron chi connectivity index (χ4n) is 2.22. The summed E-state index contributed by atoms with van der Waals surface area (Å²) in [6.07, 6.45) is 5.49. The third-order valence-corrected chi connectivity index (χ3v) is 3.07. The van der Waals surface area contributed by atoms with Crippen LogP contribution in [0.1, 0.15) is 23.9 Å². The number of rotatable bonds is 2. The van der Waals surface area contributed by atoms with E-state index in [0.29, 0.717) is 5.82 Å². The Labute approximate surface area is 99.7 Å². The number of hydrogen-bond acceptors (Lipinski definition) is 4. The van der Waals surface area contributed by atoms with Crippen LogP contribution in [0.15, 0.2) is 12.4 Å². The summed E-state index contributed by atoms with van der Waals surface area (Å²) in [7, 11) is 0. The molecule has 0 aromatic carbocycles. The zero-order valence-electron chi connectivity index (χ0n) is 9.82. The van der Waals surface area contributed by atoms with Crippen molar-refractivity contribution in [3.8, 4) is 11.6 Å². The number of aryl methyl sites for hydroxylation is 1. The van der Waals surface area contributed by atoms with Gasteiger partial charge in [0.1, 0.15) is 0 Å². The van der Waals surface area contributed by atoms with Crippen LogP contribution in [0.3, 0.4) is 0 Å². The Balaban J connectivity index is 2.12. The molecule has 0 saturated heterocycles. The molecule has 0 spiro atoms. The van der Waals surface area contributed by atoms with E-state index in [1.807, 2.05) is 0 Å². The summed E-state index contributed by atoms with van der Waals surface area (Å²) >= 11 is 0. The van der Waals surface area contributed by atoms with Gasteiger partial charge in [-0.05, 0) is 24.9 Å². The molecule has 0 aliphatic carbocycles. The Hall–Kier alpha value is -1.75. The molecule has 2 aromatic rings. The van der Waals surface area contributed by atoms with Crippen molar-refractivity contribution >= 4 is 0 Å². The predicted molar refractivity (Wildman–Crippen MR) is 64.4 cm³/mol. The van der Waals surface area contributed by atoms with E-state index in [0.717, 1.165) is 43.1 Å². The van der Waals surface area contributed by atoms with Crippen LogP contribution >= 0.6 is 0 Å². The van der Waals surface area contributed by atoms with Gasteiger partial charge < -0.3 is 10.3 Å². The average Bonchev–Trinajstić information content (AvgIpc) is 2.91. The van der Waals surface area contributed by atoms with Crippen LogP contribution in [-0.2, 0) is 19.4 Å². The largest absolute Gasteiger partial charge is 0.342 e. The van der Waals surface area contributed by atoms with Crippen molar-refractivity contribution in [2.75, 3.05) is 6.54 Å². The van der Waals surface area contributed by atoms with E-state index in [9.17, 15) is 0 Å². The molecule has 2 aromatic heterocycles. The molecular weight excluding hydrogens is 214 g/mol. The average molecular weight is 229 g/mol. The highest BCUT2D eigenvalue weighted by Crippen LogP contribution is 2.19. The number of aromatic amines is 1. The van der Waals surface area contributed by atoms with Gasteiger partial charge in [0.15, 0.2) is 11.6 Å². The minimum atomic E-state index is 0.703. The van der Waals surface area contributed by atoms with Crippen LogP contribution < -0.4 is 5.32 Å². The number of H-pyrrole nitrogens is 1. The van der Waals surface area contributed by atoms with E-state index >= 15 is 0 Å². The summed E-state index contributed by atoms with van der Waals surface area (Å²) in [6.45, 7) is 3.98. The molecule has 2 N–H and O–H groups in total. The van der Waals surface area contributed by atoms with Gasteiger partial charge in [-0.25, -0.2) is 15.0 Å². The van der Waals surface area contributed by atoms with Crippen LogP contribution in [0.25, 0.3) is 11.6 Å². The fourth-order valence-corrected chi connectivity index (χ4v) is 2.22. The van der Waals surface area contributed by atoms with Gasteiger partial charge in [-0.3, -0.25) is 0 Å². The number of imidazole rings is 1. The minimum absolute atomic E-state index is 0.703. The van der Waals surface area contributed by atoms with E-state index in [1.165, 1.54) is 5.56 Å². The predicted octanol–water partition coefficient (Wildman–Crippen LogP) is 1.07. The van der Waals surface area contributed by atoms with E-state index < -0.39 is 0 Å². The summed E-state index contributed by atoms with van der Waals surface area (Å²) in [5.74, 6) is 1.45. The van der Waals surface area contributed by atoms with Crippen molar-refractivity contribution in [1.29, 1.82) is 0 Å². The van der Waals surface area contributed by atoms with Crippen LogP contribution in [0, 0.1) is 0 Å². The van der Waals surface area contributed by atoms with E-state index in [1.54, 1.807) is 12.4 Å². The second-order valence-electron chi connectivity index (χ2n) is 4.14. The molecule has 5 nitrogen and oxygen atoms in total. The maximum atomic E-state index is 4.61. The Morgan fingerprint density at radius 3 is 3.06 bits per heavy atom. The monoisotopic (exact) mass is 229 g/mol. The van der Waals surface area contributed by atoms with E-state index in [2.05, 4.69) is 32.2 Å². The van der Waals surface area contributed by atoms with Gasteiger partial charge in [0.2, 0.25) is 0 Å². The molecular formula is C12H15N5. The Morgan fingerprint density at radius 1 is 1.35 bits per heavy atom. The summed E-state index contributed by atoms with van der Waals surface area (Å²) < 4.78 is 0. The normalized spacial score (nSPS) is 14.6. The molecule has 3 rings (SSSR count). The van der Waals surface area contributed by atoms with Crippen molar-refractivity contribution in [3.05, 3.63) is 29.3 Å². The molecule has 1 aliphatic rings. The second-order valence-corrected chi connectivity index (χ2v) is 4.14. The van der Waals surface area contributed by atoms with Gasteiger partial charge in [-0.1, -0.05) is 6.92 Å². The first-order chi connectivity index (χ1) is 8.38. The number of nitrogens with zero attached hydrogens (tertiary/aromatic N) is 3. The van der Waals surface area contributed by atoms with Gasteiger partial charge >= 0.3 is 0 Å². The molecule has 3 heterocycles. The number of aromatic nitrogens is 4. The summed E-state index contributed by atoms with van der Waals surface area (Å²) in [4.78, 5) is 16.5. The fraction of sp³-hybridized carbons (Fsp3) is 0.417. The smallest absolute Gasteiger partial charge is 0.196 e. The molecule has 0 amide bonds. The summed E-state index contributed by atoms with van der Waals surface area (Å²) in [5.41, 5.74) is 3.60. The first-order valence-electron chi connectivity index (χ1n) is 5.97. The molecule has 0 unspecified atom stereocenters. The number of nitrogens with one attached hydrogen (secondary N) is 2. The molecule has 5 heteroatoms. The van der Waals surface area contributed by atoms with Gasteiger partial charge in [-0.2, -0.15) is 0 Å². The molecule has 0 bridgehead atoms. The highest BCUT2D eigenvalue weighted by Gasteiger charge is 2.17. The standard InChI is InChI=1S/C12H15N5/c1-2-9-8-3-4-13-7-10(8)17-12(16-9)11-14-5-6-15-11/h5-6,13H,2-4,7H2,1H3,(H,14,15). The third kappa shape index (κ3) is 1.82. The summed E-state index contributed by atoms with van der Waals surface area (Å²) in [5, 5.41) is 3.34. The van der Waals surface area contributed by atoms with E-state index in [4.69, 9.17) is 0 Å². The highest BCUT2D eigenvalue weighted by molar-refractivity contribution is 5.45. The van der Waals surface area contributed by atoms with Gasteiger partial charge in [0.25, 0.3) is 0 Å². The lowest BCUT2D eigenvalue weighted by Crippen LogP contribution is -2.26. The van der Waals surface area contributed by atoms with Crippen molar-refractivity contribution in [2.45, 2.75) is 26.3 Å². The van der Waals surface area contributed by atoms with Gasteiger partial charge in [0, 0.05) is 24.6 Å². The molecule has 0 fully saturated rings. The second kappa shape index (κ2) is 4.25. The molecule has 17 heavy (non-hydrogen) atoms. The molecule has 1 aliphatic heterocycles. The first-order valence-corrected chi connectivity index (χ1v) is 5.97. The Morgan fingerprint density at radius 2 is 2.29 bits per heavy atom. The summed E-state index contributed by atoms with van der Waals surface area (Å²) in [6, 6.07) is 0. The molecule has 88 valence electrons.